The number of methoxy groups -OCH3 is 2. The van der Waals surface area contributed by atoms with Gasteiger partial charge in [0.2, 0.25) is 10.0 Å². The summed E-state index contributed by atoms with van der Waals surface area (Å²) >= 11 is 0. The Morgan fingerprint density at radius 1 is 1.19 bits per heavy atom. The fourth-order valence-corrected chi connectivity index (χ4v) is 2.85. The highest BCUT2D eigenvalue weighted by Gasteiger charge is 2.21. The zero-order valence-corrected chi connectivity index (χ0v) is 13.5. The molecule has 0 amide bonds. The molecule has 1 aromatic rings. The molecule has 0 aliphatic heterocycles. The van der Waals surface area contributed by atoms with Gasteiger partial charge >= 0.3 is 0 Å². The van der Waals surface area contributed by atoms with Gasteiger partial charge < -0.3 is 19.9 Å². The Hall–Kier alpha value is -1.51. The second kappa shape index (κ2) is 7.48. The lowest BCUT2D eigenvalue weighted by atomic mass is 10.3. The molecule has 0 aliphatic rings. The highest BCUT2D eigenvalue weighted by atomic mass is 32.2. The summed E-state index contributed by atoms with van der Waals surface area (Å²) < 4.78 is 42.4. The monoisotopic (exact) mass is 318 g/mol. The number of benzene rings is 1. The van der Waals surface area contributed by atoms with E-state index in [0.29, 0.717) is 5.75 Å². The van der Waals surface area contributed by atoms with E-state index in [-0.39, 0.29) is 35.6 Å². The van der Waals surface area contributed by atoms with Crippen molar-refractivity contribution in [3.05, 3.63) is 12.1 Å². The molecule has 0 saturated carbocycles. The zero-order chi connectivity index (χ0) is 16.0. The fraction of sp³-hybridized carbons (Fsp3) is 0.538. The molecule has 3 N–H and O–H groups in total. The second-order valence-corrected chi connectivity index (χ2v) is 6.30. The maximum atomic E-state index is 12.3. The number of sulfonamides is 1. The van der Waals surface area contributed by atoms with Gasteiger partial charge in [-0.2, -0.15) is 0 Å². The molecule has 1 rings (SSSR count). The summed E-state index contributed by atoms with van der Waals surface area (Å²) in [5.74, 6) is 0.521. The van der Waals surface area contributed by atoms with Crippen LogP contribution in [-0.2, 0) is 14.8 Å². The Labute approximate surface area is 125 Å². The molecule has 7 nitrogen and oxygen atoms in total. The lowest BCUT2D eigenvalue weighted by Gasteiger charge is -2.14. The lowest BCUT2D eigenvalue weighted by Crippen LogP contribution is -2.28. The van der Waals surface area contributed by atoms with Gasteiger partial charge in [0.15, 0.2) is 0 Å². The molecule has 0 saturated heterocycles. The Bertz CT molecular complexity index is 572. The van der Waals surface area contributed by atoms with Crippen LogP contribution in [0.25, 0.3) is 0 Å². The number of rotatable bonds is 8. The van der Waals surface area contributed by atoms with Crippen molar-refractivity contribution in [2.45, 2.75) is 24.8 Å². The van der Waals surface area contributed by atoms with Crippen molar-refractivity contribution < 1.29 is 22.6 Å². The third kappa shape index (κ3) is 4.76. The van der Waals surface area contributed by atoms with Crippen LogP contribution in [0.5, 0.6) is 11.5 Å². The lowest BCUT2D eigenvalue weighted by molar-refractivity contribution is 0.0834. The number of ether oxygens (including phenoxy) is 3. The maximum Gasteiger partial charge on any atom is 0.244 e. The third-order valence-corrected chi connectivity index (χ3v) is 4.13. The van der Waals surface area contributed by atoms with Crippen LogP contribution < -0.4 is 19.9 Å². The van der Waals surface area contributed by atoms with E-state index in [0.717, 1.165) is 0 Å². The molecule has 0 radical (unpaired) electrons. The smallest absolute Gasteiger partial charge is 0.244 e. The first kappa shape index (κ1) is 17.5. The van der Waals surface area contributed by atoms with Crippen molar-refractivity contribution in [3.8, 4) is 11.5 Å². The number of hydrogen-bond donors (Lipinski definition) is 2. The molecule has 0 spiro atoms. The van der Waals surface area contributed by atoms with E-state index in [1.54, 1.807) is 0 Å². The first-order chi connectivity index (χ1) is 9.81. The van der Waals surface area contributed by atoms with Gasteiger partial charge in [0.05, 0.1) is 32.6 Å². The van der Waals surface area contributed by atoms with Crippen molar-refractivity contribution >= 4 is 15.7 Å². The molecule has 0 aliphatic carbocycles. The summed E-state index contributed by atoms with van der Waals surface area (Å²) in [6.45, 7) is 4.20. The van der Waals surface area contributed by atoms with Crippen LogP contribution in [0.15, 0.2) is 17.0 Å². The van der Waals surface area contributed by atoms with E-state index in [2.05, 4.69) is 4.72 Å². The van der Waals surface area contributed by atoms with Gasteiger partial charge in [0, 0.05) is 12.6 Å². The Morgan fingerprint density at radius 3 is 2.33 bits per heavy atom. The Morgan fingerprint density at radius 2 is 1.81 bits per heavy atom. The second-order valence-electron chi connectivity index (χ2n) is 4.56. The molecule has 0 unspecified atom stereocenters. The average molecular weight is 318 g/mol. The van der Waals surface area contributed by atoms with Crippen molar-refractivity contribution in [1.29, 1.82) is 0 Å². The molecule has 0 fully saturated rings. The maximum absolute atomic E-state index is 12.3. The van der Waals surface area contributed by atoms with Gasteiger partial charge in [0.25, 0.3) is 0 Å². The highest BCUT2D eigenvalue weighted by molar-refractivity contribution is 7.89. The first-order valence-electron chi connectivity index (χ1n) is 6.44. The molecule has 120 valence electrons. The van der Waals surface area contributed by atoms with Gasteiger partial charge in [0.1, 0.15) is 16.4 Å². The normalized spacial score (nSPS) is 11.7. The largest absolute Gasteiger partial charge is 0.495 e. The molecule has 0 atom stereocenters. The van der Waals surface area contributed by atoms with Crippen LogP contribution in [0.1, 0.15) is 13.8 Å². The minimum absolute atomic E-state index is 0.0344. The molecule has 0 bridgehead atoms. The van der Waals surface area contributed by atoms with Gasteiger partial charge in [-0.3, -0.25) is 0 Å². The van der Waals surface area contributed by atoms with Gasteiger partial charge in [-0.05, 0) is 19.9 Å². The van der Waals surface area contributed by atoms with E-state index in [1.807, 2.05) is 13.8 Å². The van der Waals surface area contributed by atoms with E-state index in [4.69, 9.17) is 19.9 Å². The minimum atomic E-state index is -3.74. The molecule has 8 heteroatoms. The number of nitrogen functional groups attached to an aromatic ring is 1. The van der Waals surface area contributed by atoms with Crippen LogP contribution in [0.3, 0.4) is 0 Å². The SMILES string of the molecule is COc1cc(OC)c(S(=O)(=O)NCCOC(C)C)cc1N. The first-order valence-corrected chi connectivity index (χ1v) is 7.93. The quantitative estimate of drug-likeness (QED) is 0.548. The standard InChI is InChI=1S/C13H22N2O5S/c1-9(2)20-6-5-15-21(16,17)13-7-10(14)11(18-3)8-12(13)19-4/h7-9,15H,5-6,14H2,1-4H3. The summed E-state index contributed by atoms with van der Waals surface area (Å²) in [7, 11) is -0.913. The van der Waals surface area contributed by atoms with Crippen LogP contribution in [0.4, 0.5) is 5.69 Å². The van der Waals surface area contributed by atoms with Crippen molar-refractivity contribution in [3.63, 3.8) is 0 Å². The van der Waals surface area contributed by atoms with Gasteiger partial charge in [-0.1, -0.05) is 0 Å². The summed E-state index contributed by atoms with van der Waals surface area (Å²) in [5.41, 5.74) is 5.97. The van der Waals surface area contributed by atoms with E-state index < -0.39 is 10.0 Å². The van der Waals surface area contributed by atoms with Crippen molar-refractivity contribution in [2.75, 3.05) is 33.1 Å². The van der Waals surface area contributed by atoms with E-state index >= 15 is 0 Å². The molecule has 21 heavy (non-hydrogen) atoms. The van der Waals surface area contributed by atoms with Crippen LogP contribution in [0.2, 0.25) is 0 Å². The summed E-state index contributed by atoms with van der Waals surface area (Å²) in [6, 6.07) is 2.75. The number of nitrogens with one attached hydrogen (secondary N) is 1. The van der Waals surface area contributed by atoms with Crippen molar-refractivity contribution in [1.82, 2.24) is 4.72 Å². The number of anilines is 1. The van der Waals surface area contributed by atoms with Gasteiger partial charge in [-0.15, -0.1) is 0 Å². The predicted octanol–water partition coefficient (Wildman–Crippen LogP) is 0.989. The van der Waals surface area contributed by atoms with E-state index in [1.165, 1.54) is 26.4 Å². The van der Waals surface area contributed by atoms with Crippen LogP contribution in [0, 0.1) is 0 Å². The Kier molecular flexibility index (Phi) is 6.25. The average Bonchev–Trinajstić information content (AvgIpc) is 2.43. The van der Waals surface area contributed by atoms with Crippen LogP contribution >= 0.6 is 0 Å². The summed E-state index contributed by atoms with van der Waals surface area (Å²) in [6.07, 6.45) is 0.0423. The van der Waals surface area contributed by atoms with Crippen LogP contribution in [-0.4, -0.2) is 41.9 Å². The molecule has 0 heterocycles. The summed E-state index contributed by atoms with van der Waals surface area (Å²) in [5, 5.41) is 0. The van der Waals surface area contributed by atoms with Crippen molar-refractivity contribution in [2.24, 2.45) is 0 Å². The minimum Gasteiger partial charge on any atom is -0.495 e. The Balaban J connectivity index is 2.94. The number of hydrogen-bond acceptors (Lipinski definition) is 6. The number of nitrogens with two attached hydrogens (primary N) is 1. The topological polar surface area (TPSA) is 99.9 Å². The fourth-order valence-electron chi connectivity index (χ4n) is 1.65. The zero-order valence-electron chi connectivity index (χ0n) is 12.7. The highest BCUT2D eigenvalue weighted by Crippen LogP contribution is 2.33. The molecule has 0 aromatic heterocycles. The summed E-state index contributed by atoms with van der Waals surface area (Å²) in [4.78, 5) is -0.0344. The molecule has 1 aromatic carbocycles. The van der Waals surface area contributed by atoms with Gasteiger partial charge in [-0.25, -0.2) is 13.1 Å². The third-order valence-electron chi connectivity index (χ3n) is 2.65. The molecular formula is C13H22N2O5S. The molecular weight excluding hydrogens is 296 g/mol. The van der Waals surface area contributed by atoms with E-state index in [9.17, 15) is 8.42 Å². The predicted molar refractivity (Wildman–Crippen MR) is 80.2 cm³/mol.